The van der Waals surface area contributed by atoms with Crippen molar-refractivity contribution >= 4 is 11.4 Å². The molecule has 3 nitrogen and oxygen atoms in total. The van der Waals surface area contributed by atoms with Crippen LogP contribution in [-0.2, 0) is 11.4 Å². The van der Waals surface area contributed by atoms with Gasteiger partial charge in [-0.05, 0) is 0 Å². The Morgan fingerprint density at radius 2 is 1.50 bits per heavy atom. The zero-order valence-electron chi connectivity index (χ0n) is 4.79. The van der Waals surface area contributed by atoms with Crippen molar-refractivity contribution in [1.82, 2.24) is 0 Å². The molecule has 0 aromatic rings. The van der Waals surface area contributed by atoms with Gasteiger partial charge in [-0.1, -0.05) is 19.3 Å². The Kier molecular flexibility index (Phi) is 13.5. The average Bonchev–Trinajstić information content (AvgIpc) is 2.02. The molecule has 1 saturated carbocycles. The molecule has 1 atom stereocenters. The van der Waals surface area contributed by atoms with Crippen LogP contribution in [0.2, 0.25) is 0 Å². The van der Waals surface area contributed by atoms with Crippen molar-refractivity contribution in [3.05, 3.63) is 0 Å². The van der Waals surface area contributed by atoms with Crippen molar-refractivity contribution < 1.29 is 64.7 Å². The minimum atomic E-state index is -2.86. The maximum absolute atomic E-state index is 8.56. The molecule has 1 aliphatic carbocycles. The summed E-state index contributed by atoms with van der Waals surface area (Å²) in [7, 11) is 0. The largest absolute Gasteiger partial charge is 1.00 e. The minimum absolute atomic E-state index is 0. The van der Waals surface area contributed by atoms with Crippen molar-refractivity contribution in [2.45, 2.75) is 19.3 Å². The van der Waals surface area contributed by atoms with Gasteiger partial charge in [-0.25, -0.2) is 4.21 Å². The van der Waals surface area contributed by atoms with Gasteiger partial charge in [0.2, 0.25) is 0 Å². The summed E-state index contributed by atoms with van der Waals surface area (Å²) in [5.74, 6) is 0. The number of rotatable bonds is 0. The van der Waals surface area contributed by atoms with Crippen LogP contribution in [0.3, 0.4) is 0 Å². The maximum Gasteiger partial charge on any atom is 1.00 e. The molecule has 1 fully saturated rings. The molecule has 5 heteroatoms. The van der Waals surface area contributed by atoms with E-state index in [1.807, 2.05) is 0 Å². The molecule has 8 heavy (non-hydrogen) atoms. The molecule has 0 aromatic heterocycles. The second kappa shape index (κ2) is 8.71. The van der Waals surface area contributed by atoms with E-state index in [2.05, 4.69) is 0 Å². The van der Waals surface area contributed by atoms with Crippen LogP contribution >= 0.6 is 0 Å². The molecule has 0 heterocycles. The summed E-state index contributed by atoms with van der Waals surface area (Å²) in [5.41, 5.74) is 0. The van der Waals surface area contributed by atoms with E-state index < -0.39 is 11.4 Å². The molecule has 0 amide bonds. The number of hydrogen-bond acceptors (Lipinski definition) is 2. The molecule has 0 saturated heterocycles. The first-order valence-electron chi connectivity index (χ1n) is 2.02. The predicted molar refractivity (Wildman–Crippen MR) is 25.4 cm³/mol. The summed E-state index contributed by atoms with van der Waals surface area (Å²) < 4.78 is 24.1. The van der Waals surface area contributed by atoms with Gasteiger partial charge in [0, 0.05) is 0 Å². The van der Waals surface area contributed by atoms with E-state index in [0.717, 1.165) is 0 Å². The fourth-order valence-corrected chi connectivity index (χ4v) is 0. The van der Waals surface area contributed by atoms with E-state index in [1.54, 1.807) is 0 Å². The molecule has 0 bridgehead atoms. The molecule has 1 rings (SSSR count). The number of hydrogen-bond donors (Lipinski definition) is 1. The van der Waals surface area contributed by atoms with Crippen LogP contribution in [-0.4, -0.2) is 13.3 Å². The fourth-order valence-electron chi connectivity index (χ4n) is 0. The first kappa shape index (κ1) is 12.4. The summed E-state index contributed by atoms with van der Waals surface area (Å²) >= 11 is -2.86. The normalized spacial score (nSPS) is 16.8. The third-order valence-corrected chi connectivity index (χ3v) is 0.354. The van der Waals surface area contributed by atoms with Crippen molar-refractivity contribution in [3.63, 3.8) is 0 Å². The molecule has 1 unspecified atom stereocenters. The molecule has 0 aliphatic heterocycles. The van der Waals surface area contributed by atoms with Gasteiger partial charge in [0.1, 0.15) is 0 Å². The molecule has 0 radical (unpaired) electrons. The molecule has 1 N–H and O–H groups in total. The van der Waals surface area contributed by atoms with E-state index in [4.69, 9.17) is 13.3 Å². The van der Waals surface area contributed by atoms with Gasteiger partial charge in [0.15, 0.2) is 0 Å². The van der Waals surface area contributed by atoms with Crippen LogP contribution < -0.4 is 51.4 Å². The van der Waals surface area contributed by atoms with E-state index in [1.165, 1.54) is 19.3 Å². The van der Waals surface area contributed by atoms with Crippen molar-refractivity contribution in [2.75, 3.05) is 0 Å². The monoisotopic (exact) mass is 162 g/mol. The van der Waals surface area contributed by atoms with Gasteiger partial charge < -0.3 is 9.11 Å². The van der Waals surface area contributed by atoms with Crippen molar-refractivity contribution in [3.8, 4) is 0 Å². The van der Waals surface area contributed by atoms with Crippen molar-refractivity contribution in [1.29, 1.82) is 0 Å². The Hall–Kier alpha value is 1.71. The van der Waals surface area contributed by atoms with Gasteiger partial charge >= 0.3 is 51.4 Å². The molecule has 1 aliphatic rings. The zero-order chi connectivity index (χ0) is 5.70. The Bertz CT molecular complexity index is 58.8. The zero-order valence-corrected chi connectivity index (χ0v) is 8.73. The Labute approximate surface area is 93.8 Å². The van der Waals surface area contributed by atoms with Crippen LogP contribution in [0.1, 0.15) is 19.3 Å². The van der Waals surface area contributed by atoms with E-state index >= 15 is 0 Å². The van der Waals surface area contributed by atoms with E-state index in [0.29, 0.717) is 0 Å². The summed E-state index contributed by atoms with van der Waals surface area (Å²) in [5, 5.41) is 0. The summed E-state index contributed by atoms with van der Waals surface area (Å²) in [4.78, 5) is 0. The maximum atomic E-state index is 8.56. The third kappa shape index (κ3) is 47.3. The Morgan fingerprint density at radius 1 is 1.38 bits per heavy atom. The third-order valence-electron chi connectivity index (χ3n) is 0.354. The topological polar surface area (TPSA) is 60.4 Å². The standard InChI is InChI=1S/C3H6.K.H2O3S/c1-2-3-1;;1-4(2)3/h1-3H2;;(H2,1,2,3)/q;+1;/p-1. The molecular formula is C3H7KO3S. The van der Waals surface area contributed by atoms with Gasteiger partial charge in [-0.15, -0.1) is 0 Å². The first-order valence-corrected chi connectivity index (χ1v) is 3.05. The summed E-state index contributed by atoms with van der Waals surface area (Å²) in [6.07, 6.45) is 4.50. The average molecular weight is 162 g/mol. The van der Waals surface area contributed by atoms with Crippen LogP contribution in [0, 0.1) is 0 Å². The quantitative estimate of drug-likeness (QED) is 0.317. The van der Waals surface area contributed by atoms with Gasteiger partial charge in [-0.2, -0.15) is 0 Å². The van der Waals surface area contributed by atoms with Crippen LogP contribution in [0.25, 0.3) is 0 Å². The van der Waals surface area contributed by atoms with Gasteiger partial charge in [0.05, 0.1) is 11.4 Å². The molecule has 0 aromatic carbocycles. The smallest absolute Gasteiger partial charge is 0.750 e. The molecular weight excluding hydrogens is 155 g/mol. The first-order chi connectivity index (χ1) is 3.23. The van der Waals surface area contributed by atoms with E-state index in [-0.39, 0.29) is 51.4 Å². The second-order valence-electron chi connectivity index (χ2n) is 1.28. The summed E-state index contributed by atoms with van der Waals surface area (Å²) in [6, 6.07) is 0. The SMILES string of the molecule is C1CC1.O=S([O-])O.[K+]. The summed E-state index contributed by atoms with van der Waals surface area (Å²) in [6.45, 7) is 0. The van der Waals surface area contributed by atoms with Crippen LogP contribution in [0.15, 0.2) is 0 Å². The molecule has 44 valence electrons. The predicted octanol–water partition coefficient (Wildman–Crippen LogP) is -2.49. The molecule has 0 spiro atoms. The Morgan fingerprint density at radius 3 is 1.50 bits per heavy atom. The minimum Gasteiger partial charge on any atom is -0.750 e. The second-order valence-corrected chi connectivity index (χ2v) is 1.71. The van der Waals surface area contributed by atoms with Gasteiger partial charge in [-0.3, -0.25) is 0 Å². The van der Waals surface area contributed by atoms with E-state index in [9.17, 15) is 0 Å². The van der Waals surface area contributed by atoms with Crippen molar-refractivity contribution in [2.24, 2.45) is 0 Å². The fraction of sp³-hybridized carbons (Fsp3) is 1.00. The van der Waals surface area contributed by atoms with Gasteiger partial charge in [0.25, 0.3) is 0 Å². The van der Waals surface area contributed by atoms with Crippen LogP contribution in [0.5, 0.6) is 0 Å². The van der Waals surface area contributed by atoms with Crippen LogP contribution in [0.4, 0.5) is 0 Å². The Balaban J connectivity index is 0.